The van der Waals surface area contributed by atoms with E-state index in [4.69, 9.17) is 0 Å². The van der Waals surface area contributed by atoms with Crippen LogP contribution in [0.3, 0.4) is 0 Å². The Kier molecular flexibility index (Phi) is 19.7. The molecule has 1 amide bonds. The van der Waals surface area contributed by atoms with Gasteiger partial charge in [0.05, 0.1) is 0 Å². The summed E-state index contributed by atoms with van der Waals surface area (Å²) in [4.78, 5) is 12.7. The summed E-state index contributed by atoms with van der Waals surface area (Å²) in [6.07, 6.45) is 19.5. The zero-order valence-corrected chi connectivity index (χ0v) is 19.0. The third kappa shape index (κ3) is 15.0. The van der Waals surface area contributed by atoms with Crippen molar-refractivity contribution in [2.75, 3.05) is 13.1 Å². The second-order valence-corrected chi connectivity index (χ2v) is 7.86. The normalized spacial score (nSPS) is 12.3. The number of hydrogen-bond acceptors (Lipinski definition) is 3. The Bertz CT molecular complexity index is 317. The molecule has 4 nitrogen and oxygen atoms in total. The van der Waals surface area contributed by atoms with Gasteiger partial charge in [0.15, 0.2) is 0 Å². The molecule has 1 atom stereocenters. The van der Waals surface area contributed by atoms with Gasteiger partial charge < -0.3 is 0 Å². The highest BCUT2D eigenvalue weighted by atomic mass is 16.2. The Balaban J connectivity index is 3.82. The highest BCUT2D eigenvalue weighted by Crippen LogP contribution is 2.19. The average molecular weight is 384 g/mol. The fraction of sp³-hybridized carbons (Fsp3) is 0.957. The molecule has 0 rings (SSSR count). The lowest BCUT2D eigenvalue weighted by Gasteiger charge is -2.27. The number of carbonyl (C=O) groups excluding carboxylic acids is 1. The summed E-state index contributed by atoms with van der Waals surface area (Å²) >= 11 is 0. The molecule has 2 N–H and O–H groups in total. The van der Waals surface area contributed by atoms with Crippen molar-refractivity contribution in [3.63, 3.8) is 0 Å². The molecule has 0 radical (unpaired) electrons. The number of rotatable bonds is 20. The van der Waals surface area contributed by atoms with Gasteiger partial charge in [-0.2, -0.15) is 0 Å². The SMILES string of the molecule is CCCCCCCCCCCCCCC(CCC)C(=O)N(NCC)NCC. The molecule has 0 heterocycles. The summed E-state index contributed by atoms with van der Waals surface area (Å²) in [6, 6.07) is 0. The first-order valence-corrected chi connectivity index (χ1v) is 12.0. The fourth-order valence-electron chi connectivity index (χ4n) is 3.68. The van der Waals surface area contributed by atoms with E-state index in [-0.39, 0.29) is 11.8 Å². The minimum absolute atomic E-state index is 0.149. The number of nitrogens with zero attached hydrogens (tertiary/aromatic N) is 1. The van der Waals surface area contributed by atoms with Crippen molar-refractivity contribution in [1.82, 2.24) is 16.0 Å². The van der Waals surface area contributed by atoms with E-state index in [0.717, 1.165) is 32.4 Å². The average Bonchev–Trinajstić information content (AvgIpc) is 2.67. The van der Waals surface area contributed by atoms with Crippen molar-refractivity contribution >= 4 is 5.91 Å². The van der Waals surface area contributed by atoms with Crippen LogP contribution in [-0.2, 0) is 4.79 Å². The van der Waals surface area contributed by atoms with Gasteiger partial charge in [-0.05, 0) is 12.8 Å². The first kappa shape index (κ1) is 26.4. The Morgan fingerprint density at radius 3 is 1.48 bits per heavy atom. The summed E-state index contributed by atoms with van der Waals surface area (Å²) in [5.74, 6) is 0.361. The number of hydrogen-bond donors (Lipinski definition) is 2. The van der Waals surface area contributed by atoms with Gasteiger partial charge in [-0.25, -0.2) is 16.0 Å². The molecule has 0 saturated heterocycles. The van der Waals surface area contributed by atoms with Gasteiger partial charge in [-0.15, -0.1) is 0 Å². The fourth-order valence-corrected chi connectivity index (χ4v) is 3.68. The van der Waals surface area contributed by atoms with Gasteiger partial charge in [-0.3, -0.25) is 4.79 Å². The van der Waals surface area contributed by atoms with Crippen LogP contribution < -0.4 is 10.9 Å². The van der Waals surface area contributed by atoms with Crippen molar-refractivity contribution in [2.45, 2.75) is 124 Å². The molecule has 0 aliphatic rings. The van der Waals surface area contributed by atoms with E-state index in [1.165, 1.54) is 77.0 Å². The molecule has 4 heteroatoms. The van der Waals surface area contributed by atoms with Gasteiger partial charge in [0.1, 0.15) is 0 Å². The lowest BCUT2D eigenvalue weighted by Crippen LogP contribution is -2.53. The quantitative estimate of drug-likeness (QED) is 0.190. The zero-order valence-electron chi connectivity index (χ0n) is 19.0. The molecule has 1 unspecified atom stereocenters. The summed E-state index contributed by atoms with van der Waals surface area (Å²) in [7, 11) is 0. The highest BCUT2D eigenvalue weighted by molar-refractivity contribution is 5.77. The lowest BCUT2D eigenvalue weighted by atomic mass is 9.95. The van der Waals surface area contributed by atoms with Crippen LogP contribution in [0.4, 0.5) is 0 Å². The smallest absolute Gasteiger partial charge is 0.254 e. The topological polar surface area (TPSA) is 44.4 Å². The first-order chi connectivity index (χ1) is 13.2. The summed E-state index contributed by atoms with van der Waals surface area (Å²) in [6.45, 7) is 10.0. The molecule has 0 aromatic rings. The monoisotopic (exact) mass is 383 g/mol. The molecule has 0 aromatic carbocycles. The molecule has 0 aliphatic carbocycles. The van der Waals surface area contributed by atoms with E-state index >= 15 is 0 Å². The Morgan fingerprint density at radius 1 is 0.630 bits per heavy atom. The van der Waals surface area contributed by atoms with Crippen LogP contribution in [0.15, 0.2) is 0 Å². The van der Waals surface area contributed by atoms with Crippen molar-refractivity contribution < 1.29 is 4.79 Å². The number of nitrogens with one attached hydrogen (secondary N) is 2. The molecule has 27 heavy (non-hydrogen) atoms. The van der Waals surface area contributed by atoms with Crippen LogP contribution in [0.25, 0.3) is 0 Å². The van der Waals surface area contributed by atoms with E-state index < -0.39 is 0 Å². The van der Waals surface area contributed by atoms with E-state index in [0.29, 0.717) is 0 Å². The lowest BCUT2D eigenvalue weighted by molar-refractivity contribution is -0.143. The van der Waals surface area contributed by atoms with E-state index in [1.807, 2.05) is 13.8 Å². The van der Waals surface area contributed by atoms with Gasteiger partial charge in [0.25, 0.3) is 5.91 Å². The van der Waals surface area contributed by atoms with Crippen LogP contribution >= 0.6 is 0 Å². The summed E-state index contributed by atoms with van der Waals surface area (Å²) in [5, 5.41) is 1.63. The first-order valence-electron chi connectivity index (χ1n) is 12.0. The van der Waals surface area contributed by atoms with Crippen molar-refractivity contribution in [2.24, 2.45) is 5.92 Å². The molecule has 0 aromatic heterocycles. The Morgan fingerprint density at radius 2 is 1.07 bits per heavy atom. The number of amides is 1. The maximum Gasteiger partial charge on any atom is 0.254 e. The molecule has 0 fully saturated rings. The molecular weight excluding hydrogens is 334 g/mol. The van der Waals surface area contributed by atoms with Gasteiger partial charge >= 0.3 is 0 Å². The number of carbonyl (C=O) groups is 1. The van der Waals surface area contributed by atoms with Crippen LogP contribution in [0, 0.1) is 5.92 Å². The molecule has 0 spiro atoms. The van der Waals surface area contributed by atoms with E-state index in [2.05, 4.69) is 24.7 Å². The molecular formula is C23H49N3O. The predicted octanol–water partition coefficient (Wildman–Crippen LogP) is 6.37. The standard InChI is InChI=1S/C23H49N3O/c1-5-9-10-11-12-13-14-15-16-17-18-19-21-22(20-6-2)23(27)26(24-7-3)25-8-4/h22,24-25H,5-21H2,1-4H3. The largest absolute Gasteiger partial charge is 0.272 e. The molecule has 162 valence electrons. The van der Waals surface area contributed by atoms with Crippen LogP contribution in [0.2, 0.25) is 0 Å². The molecule has 0 saturated carbocycles. The molecule has 0 aliphatic heterocycles. The van der Waals surface area contributed by atoms with Gasteiger partial charge in [0, 0.05) is 19.0 Å². The summed E-state index contributed by atoms with van der Waals surface area (Å²) in [5.41, 5.74) is 6.28. The van der Waals surface area contributed by atoms with Crippen molar-refractivity contribution in [1.29, 1.82) is 0 Å². The number of hydrazine groups is 2. The van der Waals surface area contributed by atoms with Gasteiger partial charge in [0.2, 0.25) is 0 Å². The van der Waals surface area contributed by atoms with Crippen LogP contribution in [0.5, 0.6) is 0 Å². The van der Waals surface area contributed by atoms with Gasteiger partial charge in [-0.1, -0.05) is 111 Å². The zero-order chi connectivity index (χ0) is 20.2. The van der Waals surface area contributed by atoms with Crippen LogP contribution in [-0.4, -0.2) is 24.1 Å². The minimum atomic E-state index is 0.149. The third-order valence-corrected chi connectivity index (χ3v) is 5.25. The maximum absolute atomic E-state index is 12.7. The van der Waals surface area contributed by atoms with Crippen LogP contribution in [0.1, 0.15) is 124 Å². The number of unbranched alkanes of at least 4 members (excludes halogenated alkanes) is 11. The van der Waals surface area contributed by atoms with Crippen molar-refractivity contribution in [3.05, 3.63) is 0 Å². The second kappa shape index (κ2) is 20.1. The second-order valence-electron chi connectivity index (χ2n) is 7.86. The van der Waals surface area contributed by atoms with E-state index in [9.17, 15) is 4.79 Å². The van der Waals surface area contributed by atoms with Crippen molar-refractivity contribution in [3.8, 4) is 0 Å². The third-order valence-electron chi connectivity index (χ3n) is 5.25. The van der Waals surface area contributed by atoms with E-state index in [1.54, 1.807) is 5.12 Å². The highest BCUT2D eigenvalue weighted by Gasteiger charge is 2.22. The Hall–Kier alpha value is -0.610. The maximum atomic E-state index is 12.7. The summed E-state index contributed by atoms with van der Waals surface area (Å²) < 4.78 is 0. The predicted molar refractivity (Wildman–Crippen MR) is 118 cm³/mol. The molecule has 0 bridgehead atoms. The Labute approximate surface area is 170 Å². The minimum Gasteiger partial charge on any atom is -0.272 e.